The molecule has 146 heavy (non-hydrogen) atoms. The van der Waals surface area contributed by atoms with E-state index < -0.39 is 166 Å². The predicted octanol–water partition coefficient (Wildman–Crippen LogP) is 9.95. The van der Waals surface area contributed by atoms with Crippen LogP contribution in [0, 0.1) is 123 Å². The van der Waals surface area contributed by atoms with Gasteiger partial charge >= 0.3 is 18.1 Å². The molecule has 0 radical (unpaired) electrons. The normalized spacial score (nSPS) is 24.9. The zero-order chi connectivity index (χ0) is 106. The third-order valence-corrected chi connectivity index (χ3v) is 33.6. The topological polar surface area (TPSA) is 488 Å². The number of hydrogen-bond acceptors (Lipinski definition) is 19. The monoisotopic (exact) mass is 2020 g/mol. The number of piperidine rings is 3. The molecule has 3 aliphatic heterocycles. The Bertz CT molecular complexity index is 5020. The quantitative estimate of drug-likeness (QED) is 0.0127. The number of primary amides is 1. The Balaban J connectivity index is 0.000000195. The Morgan fingerprint density at radius 3 is 1.13 bits per heavy atom. The lowest BCUT2D eigenvalue weighted by molar-refractivity contribution is -0.145. The second-order valence-electron chi connectivity index (χ2n) is 46.9. The van der Waals surface area contributed by atoms with Gasteiger partial charge in [0, 0.05) is 63.2 Å². The fourth-order valence-corrected chi connectivity index (χ4v) is 24.4. The summed E-state index contributed by atoms with van der Waals surface area (Å²) >= 11 is 0. The van der Waals surface area contributed by atoms with E-state index in [0.29, 0.717) is 25.1 Å². The van der Waals surface area contributed by atoms with E-state index in [9.17, 15) is 86.3 Å². The fourth-order valence-electron chi connectivity index (χ4n) is 24.4. The van der Waals surface area contributed by atoms with E-state index >= 15 is 0 Å². The van der Waals surface area contributed by atoms with Crippen LogP contribution in [-0.2, 0) is 62.3 Å². The number of likely N-dealkylation sites (tertiary alicyclic amines) is 3. The number of aromatic nitrogens is 1. The minimum absolute atomic E-state index is 0.0205. The van der Waals surface area contributed by atoms with Crippen molar-refractivity contribution in [1.29, 1.82) is 0 Å². The molecule has 9 saturated carbocycles. The first-order valence-corrected chi connectivity index (χ1v) is 53.4. The molecule has 794 valence electrons. The molecule has 1 aromatic carbocycles. The molecule has 15 amide bonds. The number of rotatable bonds is 41. The van der Waals surface area contributed by atoms with Crippen LogP contribution in [-0.4, -0.2) is 231 Å². The molecule has 34 nitrogen and oxygen atoms in total. The molecule has 14 rings (SSSR count). The molecule has 2 aromatic rings. The molecule has 3 saturated heterocycles. The zero-order valence-electron chi connectivity index (χ0n) is 87.5. The maximum Gasteiger partial charge on any atom is 0.316 e. The summed E-state index contributed by atoms with van der Waals surface area (Å²) in [7, 11) is 0. The van der Waals surface area contributed by atoms with Gasteiger partial charge in [-0.2, -0.15) is 0 Å². The molecule has 18 atom stereocenters. The third-order valence-electron chi connectivity index (χ3n) is 33.6. The van der Waals surface area contributed by atoms with Gasteiger partial charge in [-0.3, -0.25) is 76.9 Å². The molecule has 0 bridgehead atoms. The Labute approximate surface area is 860 Å². The first-order valence-electron chi connectivity index (χ1n) is 53.4. The zero-order valence-corrected chi connectivity index (χ0v) is 87.5. The number of terminal acetylenes is 2. The summed E-state index contributed by atoms with van der Waals surface area (Å²) in [6.07, 6.45) is 38.6. The number of nitrogens with two attached hydrogens (primary N) is 1. The maximum absolute atomic E-state index is 14.5. The molecule has 13 N–H and O–H groups in total. The van der Waals surface area contributed by atoms with Gasteiger partial charge in [0.05, 0.1) is 36.3 Å². The van der Waals surface area contributed by atoms with E-state index in [1.807, 2.05) is 75.3 Å². The summed E-state index contributed by atoms with van der Waals surface area (Å²) in [6.45, 7) is 31.5. The van der Waals surface area contributed by atoms with Crippen LogP contribution in [0.3, 0.4) is 0 Å². The van der Waals surface area contributed by atoms with Crippen LogP contribution in [0.4, 0.5) is 14.4 Å². The van der Waals surface area contributed by atoms with Gasteiger partial charge in [-0.1, -0.05) is 222 Å². The second kappa shape index (κ2) is 48.8. The van der Waals surface area contributed by atoms with Gasteiger partial charge in [0.1, 0.15) is 41.9 Å². The highest BCUT2D eigenvalue weighted by Gasteiger charge is 2.73. The van der Waals surface area contributed by atoms with Crippen molar-refractivity contribution in [3.05, 3.63) is 91.3 Å². The second-order valence-corrected chi connectivity index (χ2v) is 46.9. The fraction of sp³-hybridized carbons (Fsp3) is 0.670. The Morgan fingerprint density at radius 1 is 0.425 bits per heavy atom. The molecule has 0 spiro atoms. The van der Waals surface area contributed by atoms with Gasteiger partial charge in [-0.05, 0) is 188 Å². The van der Waals surface area contributed by atoms with Gasteiger partial charge in [0.2, 0.25) is 58.6 Å². The van der Waals surface area contributed by atoms with Crippen molar-refractivity contribution < 1.29 is 86.3 Å². The SMILES string of the molecule is C#CCCC(NC(=O)[C@@H]1[C@@H]2[C@H](CN1C(=O)[C@@H](NC(=O)N[C@H](C(=O)c1ccccc1)C1CCCCC1)C(C)(C)C)C2(C)C)C(=O)C(=O)NCC=C.C#CCCC(NC(=O)[C@@H]1[C@@H]2[C@H](CN1C(=O)[C@@H](NC(=O)N[C@H](C(=O)c1ccccn1)C1CCCCC1)C(C)(C)C)C2(C)C)C(=O)C(=O)NCC=C.CC1(C)[C@@H]2[C@@H](C(=O)NC(CC3CC3)C(=O)C(N)=O)N(C(=O)[C@@H](NC(=O)N[C@H](C(=O)C3CC3)C3CCCCC3)C3CCCCC3)C[C@@H]21. The molecule has 1 aromatic heterocycles. The first-order chi connectivity index (χ1) is 69.2. The van der Waals surface area contributed by atoms with Crippen LogP contribution in [0.2, 0.25) is 0 Å². The van der Waals surface area contributed by atoms with Crippen molar-refractivity contribution in [2.45, 2.75) is 342 Å². The molecule has 12 fully saturated rings. The van der Waals surface area contributed by atoms with Crippen molar-refractivity contribution in [2.75, 3.05) is 32.7 Å². The number of urea groups is 3. The number of fused-ring (bicyclic) bond motifs is 3. The van der Waals surface area contributed by atoms with E-state index in [4.69, 9.17) is 18.6 Å². The third kappa shape index (κ3) is 27.3. The lowest BCUT2D eigenvalue weighted by Crippen LogP contribution is -2.62. The van der Waals surface area contributed by atoms with Gasteiger partial charge in [-0.25, -0.2) is 14.4 Å². The summed E-state index contributed by atoms with van der Waals surface area (Å²) in [6, 6.07) is 1.12. The number of amides is 15. The summed E-state index contributed by atoms with van der Waals surface area (Å²) in [5.74, 6) is -3.49. The van der Waals surface area contributed by atoms with Crippen LogP contribution in [0.25, 0.3) is 0 Å². The van der Waals surface area contributed by atoms with Gasteiger partial charge in [0.25, 0.3) is 17.7 Å². The Kier molecular flexibility index (Phi) is 37.7. The maximum atomic E-state index is 14.5. The Morgan fingerprint density at radius 2 is 0.774 bits per heavy atom. The molecule has 9 aliphatic carbocycles. The Hall–Kier alpha value is -12.0. The lowest BCUT2D eigenvalue weighted by Gasteiger charge is -2.38. The van der Waals surface area contributed by atoms with Crippen LogP contribution in [0.15, 0.2) is 80.0 Å². The summed E-state index contributed by atoms with van der Waals surface area (Å²) < 4.78 is 0. The van der Waals surface area contributed by atoms with Crippen LogP contribution < -0.4 is 64.2 Å². The average Bonchev–Trinajstić information content (AvgIpc) is 1.53. The minimum Gasteiger partial charge on any atom is -0.363 e. The molecule has 3 unspecified atom stereocenters. The number of nitrogens with one attached hydrogen (secondary N) is 11. The number of Topliss-reactive ketones (excluding diaryl/α,β-unsaturated/α-hetero) is 6. The highest BCUT2D eigenvalue weighted by molar-refractivity contribution is 6.39. The van der Waals surface area contributed by atoms with Crippen molar-refractivity contribution in [3.63, 3.8) is 0 Å². The highest BCUT2D eigenvalue weighted by Crippen LogP contribution is 2.67. The van der Waals surface area contributed by atoms with Crippen molar-refractivity contribution in [1.82, 2.24) is 78.2 Å². The molecule has 4 heterocycles. The van der Waals surface area contributed by atoms with Crippen molar-refractivity contribution in [2.24, 2.45) is 104 Å². The molecular formula is C112H158N16O18. The van der Waals surface area contributed by atoms with Gasteiger partial charge < -0.3 is 78.9 Å². The van der Waals surface area contributed by atoms with E-state index in [0.717, 1.165) is 154 Å². The molecular weight excluding hydrogens is 1860 g/mol. The summed E-state index contributed by atoms with van der Waals surface area (Å²) in [5.41, 5.74) is 3.94. The van der Waals surface area contributed by atoms with Crippen molar-refractivity contribution in [3.8, 4) is 24.7 Å². The number of carbonyl (C=O) groups is 18. The van der Waals surface area contributed by atoms with E-state index in [2.05, 4.69) is 102 Å². The smallest absolute Gasteiger partial charge is 0.316 e. The minimum atomic E-state index is -1.18. The van der Waals surface area contributed by atoms with Crippen LogP contribution in [0.5, 0.6) is 0 Å². The number of nitrogens with zero attached hydrogens (tertiary/aromatic N) is 4. The number of ketones is 6. The van der Waals surface area contributed by atoms with Crippen LogP contribution in [0.1, 0.15) is 290 Å². The predicted molar refractivity (Wildman–Crippen MR) is 549 cm³/mol. The van der Waals surface area contributed by atoms with E-state index in [1.165, 1.54) is 22.0 Å². The molecule has 12 aliphatic rings. The number of pyridine rings is 1. The lowest BCUT2D eigenvalue weighted by atomic mass is 9.81. The summed E-state index contributed by atoms with van der Waals surface area (Å²) in [5, 5.41) is 30.8. The number of benzene rings is 1. The first kappa shape index (κ1) is 113. The van der Waals surface area contributed by atoms with Crippen LogP contribution >= 0.6 is 0 Å². The summed E-state index contributed by atoms with van der Waals surface area (Å²) in [4.78, 5) is 252. The average molecular weight is 2020 g/mol. The van der Waals surface area contributed by atoms with Gasteiger partial charge in [-0.15, -0.1) is 37.8 Å². The standard InChI is InChI=1S/C39H53N5O6.C38H52N6O6.C35H53N5O6/c1-8-10-21-27(32(46)35(48)40-22-9-2)41-34(47)30-28-26(39(28,6)7)23-44(30)36(49)33(38(3,4)5)43-37(50)42-29(24-17-13-11-14-18-24)31(45)25-19-15-12-16-20-25;1-8-10-18-26(31(46)34(48)40-20-9-2)41-33(47)29-27-24(38(27,6)7)22-44(29)35(49)32(37(3,4)5)43-36(50)42-28(23-16-12-11-13-17-23)30(45)25-19-14-15-21-39-25;1-35(2)23-18-40(28(25(23)35)32(44)37-24(17-19-13-14-19)30(42)31(36)43)33(45)27(21-11-7-4-8-12-21)39-34(46)38-26(29(41)22-15-16-22)20-9-5-3-6-10-20/h1,9,12,15-16,19-20,24,26-30,33H,2,10-11,13-14,17-18,21-23H2,3-7H3,(H,40,48)(H,41,47)(H2,42,43,50);1,9,14-15,19,21,23-24,26-29,32H,2,10-13,16-18,20,22H2,3-7H3,(H,40,48)(H,41,47)(H2,42,43,50);19-28H,3-18H2,1-2H3,(H2,36,43)(H,37,44)(H2,38,39,46)/t26-,27?,28-,29-,30-,33+;24-,26?,27-,28-,29-,32+;23-,24?,25-,26-,27-,28-/m000/s1. The number of carbonyl (C=O) groups excluding carboxylic acids is 18. The highest BCUT2D eigenvalue weighted by atomic mass is 16.2. The largest absolute Gasteiger partial charge is 0.363 e. The molecule has 34 heteroatoms. The van der Waals surface area contributed by atoms with E-state index in [-0.39, 0.29) is 162 Å². The van der Waals surface area contributed by atoms with Gasteiger partial charge in [0.15, 0.2) is 11.6 Å². The van der Waals surface area contributed by atoms with E-state index in [1.54, 1.807) is 53.6 Å². The number of hydrogen-bond donors (Lipinski definition) is 12. The van der Waals surface area contributed by atoms with Crippen molar-refractivity contribution >= 4 is 106 Å².